The molecular weight excluding hydrogens is 324 g/mol. The molecule has 0 saturated heterocycles. The molecule has 1 aliphatic carbocycles. The average Bonchev–Trinajstić information content (AvgIpc) is 2.98. The molecule has 0 heterocycles. The van der Waals surface area contributed by atoms with Gasteiger partial charge in [0, 0.05) is 10.4 Å². The molecule has 0 aromatic heterocycles. The van der Waals surface area contributed by atoms with Gasteiger partial charge < -0.3 is 4.74 Å². The first-order valence-electron chi connectivity index (χ1n) is 6.62. The zero-order chi connectivity index (χ0) is 14.4. The Labute approximate surface area is 126 Å². The van der Waals surface area contributed by atoms with Crippen molar-refractivity contribution in [3.8, 4) is 5.75 Å². The van der Waals surface area contributed by atoms with Crippen LogP contribution in [-0.4, -0.2) is 18.4 Å². The van der Waals surface area contributed by atoms with Gasteiger partial charge >= 0.3 is 0 Å². The van der Waals surface area contributed by atoms with Crippen molar-refractivity contribution in [3.63, 3.8) is 0 Å². The molecule has 2 N–H and O–H groups in total. The zero-order valence-corrected chi connectivity index (χ0v) is 12.6. The number of rotatable bonds is 4. The van der Waals surface area contributed by atoms with Crippen LogP contribution in [0, 0.1) is 5.92 Å². The molecule has 0 unspecified atom stereocenters. The number of nitrogens with one attached hydrogen (secondary N) is 2. The minimum absolute atomic E-state index is 0.0303. The first kappa shape index (κ1) is 14.8. The van der Waals surface area contributed by atoms with Crippen LogP contribution in [0.3, 0.4) is 0 Å². The van der Waals surface area contributed by atoms with Crippen molar-refractivity contribution < 1.29 is 14.3 Å². The normalized spacial score (nSPS) is 14.8. The maximum Gasteiger partial charge on any atom is 0.276 e. The summed E-state index contributed by atoms with van der Waals surface area (Å²) < 4.78 is 6.24. The van der Waals surface area contributed by atoms with E-state index in [0.29, 0.717) is 5.75 Å². The molecule has 1 aliphatic rings. The summed E-state index contributed by atoms with van der Waals surface area (Å²) in [4.78, 5) is 23.2. The van der Waals surface area contributed by atoms with Crippen molar-refractivity contribution in [1.29, 1.82) is 0 Å². The lowest BCUT2D eigenvalue weighted by molar-refractivity contribution is -0.132. The fraction of sp³-hybridized carbons (Fsp3) is 0.429. The Bertz CT molecular complexity index is 470. The van der Waals surface area contributed by atoms with Crippen LogP contribution in [0.25, 0.3) is 0 Å². The summed E-state index contributed by atoms with van der Waals surface area (Å²) >= 11 is 3.32. The molecule has 2 rings (SSSR count). The fourth-order valence-electron chi connectivity index (χ4n) is 2.14. The number of hydrazine groups is 1. The van der Waals surface area contributed by atoms with Gasteiger partial charge in [-0.3, -0.25) is 20.4 Å². The number of hydrogen-bond acceptors (Lipinski definition) is 3. The second-order valence-corrected chi connectivity index (χ2v) is 5.68. The van der Waals surface area contributed by atoms with Crippen molar-refractivity contribution in [3.05, 3.63) is 28.7 Å². The molecule has 0 atom stereocenters. The highest BCUT2D eigenvalue weighted by Gasteiger charge is 2.22. The average molecular weight is 341 g/mol. The monoisotopic (exact) mass is 340 g/mol. The largest absolute Gasteiger partial charge is 0.484 e. The lowest BCUT2D eigenvalue weighted by atomic mass is 10.1. The molecule has 1 fully saturated rings. The molecule has 1 aromatic carbocycles. The number of carbonyl (C=O) groups is 2. The molecule has 0 aliphatic heterocycles. The summed E-state index contributed by atoms with van der Waals surface area (Å²) in [6.07, 6.45) is 3.96. The third-order valence-corrected chi connectivity index (χ3v) is 3.76. The third-order valence-electron chi connectivity index (χ3n) is 3.23. The number of carbonyl (C=O) groups excluding carboxylic acids is 2. The second kappa shape index (κ2) is 7.28. The highest BCUT2D eigenvalue weighted by atomic mass is 79.9. The Hall–Kier alpha value is -1.56. The van der Waals surface area contributed by atoms with Gasteiger partial charge in [-0.1, -0.05) is 28.8 Å². The van der Waals surface area contributed by atoms with Gasteiger partial charge in [-0.05, 0) is 37.1 Å². The van der Waals surface area contributed by atoms with Crippen LogP contribution < -0.4 is 15.6 Å². The molecule has 0 spiro atoms. The van der Waals surface area contributed by atoms with Gasteiger partial charge in [0.15, 0.2) is 6.61 Å². The summed E-state index contributed by atoms with van der Waals surface area (Å²) in [5.41, 5.74) is 4.81. The Kier molecular flexibility index (Phi) is 5.40. The van der Waals surface area contributed by atoms with Gasteiger partial charge in [-0.25, -0.2) is 0 Å². The SMILES string of the molecule is O=C(COc1ccc(Br)cc1)NNC(=O)C1CCCC1. The number of hydrogen-bond donors (Lipinski definition) is 2. The van der Waals surface area contributed by atoms with Crippen LogP contribution in [0.2, 0.25) is 0 Å². The van der Waals surface area contributed by atoms with Crippen LogP contribution in [0.4, 0.5) is 0 Å². The van der Waals surface area contributed by atoms with E-state index in [0.717, 1.165) is 30.2 Å². The minimum Gasteiger partial charge on any atom is -0.484 e. The Morgan fingerprint density at radius 3 is 2.45 bits per heavy atom. The number of benzene rings is 1. The van der Waals surface area contributed by atoms with Gasteiger partial charge in [-0.2, -0.15) is 0 Å². The number of amides is 2. The molecule has 20 heavy (non-hydrogen) atoms. The van der Waals surface area contributed by atoms with Crippen LogP contribution in [0.5, 0.6) is 5.75 Å². The van der Waals surface area contributed by atoms with Gasteiger partial charge in [0.25, 0.3) is 5.91 Å². The van der Waals surface area contributed by atoms with Crippen molar-refractivity contribution in [2.24, 2.45) is 5.92 Å². The summed E-state index contributed by atoms with van der Waals surface area (Å²) in [5, 5.41) is 0. The molecule has 5 nitrogen and oxygen atoms in total. The smallest absolute Gasteiger partial charge is 0.276 e. The maximum atomic E-state index is 11.7. The Morgan fingerprint density at radius 2 is 1.80 bits per heavy atom. The van der Waals surface area contributed by atoms with Crippen molar-refractivity contribution in [2.45, 2.75) is 25.7 Å². The van der Waals surface area contributed by atoms with E-state index >= 15 is 0 Å². The fourth-order valence-corrected chi connectivity index (χ4v) is 2.40. The van der Waals surface area contributed by atoms with Gasteiger partial charge in [0.05, 0.1) is 0 Å². The molecular formula is C14H17BrN2O3. The quantitative estimate of drug-likeness (QED) is 0.825. The van der Waals surface area contributed by atoms with Gasteiger partial charge in [0.1, 0.15) is 5.75 Å². The van der Waals surface area contributed by atoms with Crippen molar-refractivity contribution in [2.75, 3.05) is 6.61 Å². The summed E-state index contributed by atoms with van der Waals surface area (Å²) in [6.45, 7) is -0.132. The van der Waals surface area contributed by atoms with Crippen molar-refractivity contribution >= 4 is 27.7 Å². The van der Waals surface area contributed by atoms with E-state index in [1.807, 2.05) is 12.1 Å². The molecule has 1 saturated carbocycles. The van der Waals surface area contributed by atoms with E-state index in [-0.39, 0.29) is 24.3 Å². The molecule has 108 valence electrons. The Morgan fingerprint density at radius 1 is 1.15 bits per heavy atom. The highest BCUT2D eigenvalue weighted by Crippen LogP contribution is 2.24. The van der Waals surface area contributed by atoms with Crippen LogP contribution >= 0.6 is 15.9 Å². The first-order chi connectivity index (χ1) is 9.65. The molecule has 6 heteroatoms. The second-order valence-electron chi connectivity index (χ2n) is 4.76. The molecule has 1 aromatic rings. The van der Waals surface area contributed by atoms with Crippen molar-refractivity contribution in [1.82, 2.24) is 10.9 Å². The van der Waals surface area contributed by atoms with Crippen LogP contribution in [0.15, 0.2) is 28.7 Å². The number of ether oxygens (including phenoxy) is 1. The molecule has 0 radical (unpaired) electrons. The number of halogens is 1. The molecule has 0 bridgehead atoms. The van der Waals surface area contributed by atoms with E-state index in [2.05, 4.69) is 26.8 Å². The summed E-state index contributed by atoms with van der Waals surface area (Å²) in [5.74, 6) is 0.145. The van der Waals surface area contributed by atoms with E-state index in [1.165, 1.54) is 0 Å². The van der Waals surface area contributed by atoms with E-state index in [4.69, 9.17) is 4.74 Å². The Balaban J connectivity index is 1.67. The topological polar surface area (TPSA) is 67.4 Å². The summed E-state index contributed by atoms with van der Waals surface area (Å²) in [7, 11) is 0. The van der Waals surface area contributed by atoms with E-state index < -0.39 is 0 Å². The molecule has 2 amide bonds. The highest BCUT2D eigenvalue weighted by molar-refractivity contribution is 9.10. The lowest BCUT2D eigenvalue weighted by Crippen LogP contribution is -2.45. The predicted molar refractivity (Wildman–Crippen MR) is 77.9 cm³/mol. The van der Waals surface area contributed by atoms with Gasteiger partial charge in [-0.15, -0.1) is 0 Å². The van der Waals surface area contributed by atoms with Gasteiger partial charge in [0.2, 0.25) is 5.91 Å². The predicted octanol–water partition coefficient (Wildman–Crippen LogP) is 2.17. The van der Waals surface area contributed by atoms with E-state index in [9.17, 15) is 9.59 Å². The lowest BCUT2D eigenvalue weighted by Gasteiger charge is -2.11. The van der Waals surface area contributed by atoms with E-state index in [1.54, 1.807) is 12.1 Å². The summed E-state index contributed by atoms with van der Waals surface area (Å²) in [6, 6.07) is 7.17. The maximum absolute atomic E-state index is 11.7. The third kappa shape index (κ3) is 4.52. The van der Waals surface area contributed by atoms with Crippen LogP contribution in [0.1, 0.15) is 25.7 Å². The first-order valence-corrected chi connectivity index (χ1v) is 7.41. The van der Waals surface area contributed by atoms with Crippen LogP contribution in [-0.2, 0) is 9.59 Å². The standard InChI is InChI=1S/C14H17BrN2O3/c15-11-5-7-12(8-6-11)20-9-13(18)16-17-14(19)10-3-1-2-4-10/h5-8,10H,1-4,9H2,(H,16,18)(H,17,19). The zero-order valence-electron chi connectivity index (χ0n) is 11.0. The minimum atomic E-state index is -0.376.